The molecule has 3 N–H and O–H groups in total. The number of rotatable bonds is 7. The largest absolute Gasteiger partial charge is 0.396 e. The van der Waals surface area contributed by atoms with E-state index in [1.807, 2.05) is 77.6 Å². The Morgan fingerprint density at radius 1 is 1.04 bits per heavy atom. The number of aromatic nitrogens is 2. The molecule has 28 heavy (non-hydrogen) atoms. The molecule has 3 aromatic rings. The molecule has 0 aliphatic heterocycles. The Labute approximate surface area is 182 Å². The Morgan fingerprint density at radius 2 is 1.71 bits per heavy atom. The molecule has 0 aliphatic carbocycles. The number of hydrogen-bond acceptors (Lipinski definition) is 3. The Balaban J connectivity index is 0.00000280. The molecule has 0 spiro atoms. The first-order chi connectivity index (χ1) is 13.3. The summed E-state index contributed by atoms with van der Waals surface area (Å²) in [5, 5.41) is 20.8. The van der Waals surface area contributed by atoms with Crippen molar-refractivity contribution in [1.29, 1.82) is 0 Å². The van der Waals surface area contributed by atoms with Crippen LogP contribution >= 0.6 is 24.0 Å². The van der Waals surface area contributed by atoms with E-state index in [0.717, 1.165) is 16.9 Å². The minimum atomic E-state index is 0. The number of benzene rings is 2. The van der Waals surface area contributed by atoms with Crippen molar-refractivity contribution in [3.05, 3.63) is 84.2 Å². The van der Waals surface area contributed by atoms with E-state index in [2.05, 4.69) is 20.7 Å². The van der Waals surface area contributed by atoms with Gasteiger partial charge in [-0.3, -0.25) is 4.99 Å². The van der Waals surface area contributed by atoms with Crippen LogP contribution in [0.25, 0.3) is 5.69 Å². The SMILES string of the molecule is CN=C(NCc1ccn(-c2ccccc2)n1)NCC(CO)c1ccccc1.I. The van der Waals surface area contributed by atoms with Crippen LogP contribution in [0.3, 0.4) is 0 Å². The summed E-state index contributed by atoms with van der Waals surface area (Å²) in [6, 6.07) is 22.0. The molecule has 0 saturated carbocycles. The average Bonchev–Trinajstić information content (AvgIpc) is 3.21. The number of nitrogens with one attached hydrogen (secondary N) is 2. The van der Waals surface area contributed by atoms with Crippen LogP contribution in [0.1, 0.15) is 17.2 Å². The second-order valence-corrected chi connectivity index (χ2v) is 6.18. The molecule has 2 aromatic carbocycles. The van der Waals surface area contributed by atoms with Crippen molar-refractivity contribution in [2.24, 2.45) is 4.99 Å². The lowest BCUT2D eigenvalue weighted by molar-refractivity contribution is 0.265. The number of aliphatic hydroxyl groups is 1. The first-order valence-corrected chi connectivity index (χ1v) is 9.00. The highest BCUT2D eigenvalue weighted by atomic mass is 127. The van der Waals surface area contributed by atoms with Crippen molar-refractivity contribution in [3.63, 3.8) is 0 Å². The minimum absolute atomic E-state index is 0. The highest BCUT2D eigenvalue weighted by Crippen LogP contribution is 2.13. The van der Waals surface area contributed by atoms with Gasteiger partial charge >= 0.3 is 0 Å². The quantitative estimate of drug-likeness (QED) is 0.270. The van der Waals surface area contributed by atoms with Gasteiger partial charge in [0.25, 0.3) is 0 Å². The Morgan fingerprint density at radius 3 is 2.36 bits per heavy atom. The fraction of sp³-hybridized carbons (Fsp3) is 0.238. The highest BCUT2D eigenvalue weighted by Gasteiger charge is 2.11. The Hall–Kier alpha value is -2.39. The van der Waals surface area contributed by atoms with Gasteiger partial charge in [0.05, 0.1) is 24.5 Å². The van der Waals surface area contributed by atoms with Gasteiger partial charge in [-0.1, -0.05) is 48.5 Å². The molecule has 0 radical (unpaired) electrons. The van der Waals surface area contributed by atoms with Crippen molar-refractivity contribution in [1.82, 2.24) is 20.4 Å². The molecular weight excluding hydrogens is 465 g/mol. The van der Waals surface area contributed by atoms with Crippen molar-refractivity contribution >= 4 is 29.9 Å². The Bertz CT molecular complexity index is 852. The maximum absolute atomic E-state index is 9.67. The maximum atomic E-state index is 9.67. The predicted molar refractivity (Wildman–Crippen MR) is 123 cm³/mol. The van der Waals surface area contributed by atoms with Crippen molar-refractivity contribution in [2.45, 2.75) is 12.5 Å². The summed E-state index contributed by atoms with van der Waals surface area (Å²) in [5.41, 5.74) is 3.05. The van der Waals surface area contributed by atoms with Gasteiger partial charge in [-0.25, -0.2) is 4.68 Å². The van der Waals surface area contributed by atoms with E-state index in [1.54, 1.807) is 7.05 Å². The minimum Gasteiger partial charge on any atom is -0.396 e. The lowest BCUT2D eigenvalue weighted by Crippen LogP contribution is -2.39. The molecule has 1 atom stereocenters. The molecule has 1 unspecified atom stereocenters. The smallest absolute Gasteiger partial charge is 0.191 e. The fourth-order valence-electron chi connectivity index (χ4n) is 2.81. The van der Waals surface area contributed by atoms with Crippen molar-refractivity contribution in [2.75, 3.05) is 20.2 Å². The van der Waals surface area contributed by atoms with E-state index in [-0.39, 0.29) is 36.5 Å². The standard InChI is InChI=1S/C21H25N5O.HI/c1-22-21(23-14-18(16-27)17-8-4-2-5-9-17)24-15-19-12-13-26(25-19)20-10-6-3-7-11-20;/h2-13,18,27H,14-16H2,1H3,(H2,22,23,24);1H. The monoisotopic (exact) mass is 491 g/mol. The van der Waals surface area contributed by atoms with E-state index in [1.165, 1.54) is 0 Å². The van der Waals surface area contributed by atoms with Crippen LogP contribution in [-0.4, -0.2) is 41.0 Å². The summed E-state index contributed by atoms with van der Waals surface area (Å²) in [6.07, 6.45) is 1.94. The van der Waals surface area contributed by atoms with E-state index < -0.39 is 0 Å². The van der Waals surface area contributed by atoms with Crippen LogP contribution in [0.5, 0.6) is 0 Å². The van der Waals surface area contributed by atoms with Crippen LogP contribution in [0.15, 0.2) is 77.9 Å². The van der Waals surface area contributed by atoms with Crippen molar-refractivity contribution < 1.29 is 5.11 Å². The van der Waals surface area contributed by atoms with Crippen LogP contribution in [0.4, 0.5) is 0 Å². The van der Waals surface area contributed by atoms with Gasteiger partial charge in [0, 0.05) is 25.7 Å². The van der Waals surface area contributed by atoms with E-state index >= 15 is 0 Å². The molecule has 148 valence electrons. The normalized spacial score (nSPS) is 12.1. The predicted octanol–water partition coefficient (Wildman–Crippen LogP) is 2.93. The number of aliphatic hydroxyl groups excluding tert-OH is 1. The first-order valence-electron chi connectivity index (χ1n) is 9.00. The molecule has 7 heteroatoms. The number of guanidine groups is 1. The summed E-state index contributed by atoms with van der Waals surface area (Å²) in [7, 11) is 1.73. The van der Waals surface area contributed by atoms with Gasteiger partial charge < -0.3 is 15.7 Å². The maximum Gasteiger partial charge on any atom is 0.191 e. The summed E-state index contributed by atoms with van der Waals surface area (Å²) in [4.78, 5) is 4.25. The molecular formula is C21H26IN5O. The van der Waals surface area contributed by atoms with Gasteiger partial charge in [0.1, 0.15) is 0 Å². The fourth-order valence-corrected chi connectivity index (χ4v) is 2.81. The van der Waals surface area contributed by atoms with Gasteiger partial charge in [-0.2, -0.15) is 5.10 Å². The summed E-state index contributed by atoms with van der Waals surface area (Å²) >= 11 is 0. The molecule has 0 bridgehead atoms. The third kappa shape index (κ3) is 6.07. The summed E-state index contributed by atoms with van der Waals surface area (Å²) < 4.78 is 1.85. The molecule has 6 nitrogen and oxygen atoms in total. The van der Waals surface area contributed by atoms with Gasteiger partial charge in [-0.05, 0) is 23.8 Å². The average molecular weight is 491 g/mol. The number of para-hydroxylation sites is 1. The number of hydrogen-bond donors (Lipinski definition) is 3. The highest BCUT2D eigenvalue weighted by molar-refractivity contribution is 14.0. The number of halogens is 1. The van der Waals surface area contributed by atoms with Crippen LogP contribution in [0.2, 0.25) is 0 Å². The first kappa shape index (κ1) is 21.9. The van der Waals surface area contributed by atoms with Gasteiger partial charge in [0.2, 0.25) is 0 Å². The zero-order valence-corrected chi connectivity index (χ0v) is 18.2. The third-order valence-electron chi connectivity index (χ3n) is 4.33. The topological polar surface area (TPSA) is 74.5 Å². The third-order valence-corrected chi connectivity index (χ3v) is 4.33. The molecule has 0 amide bonds. The molecule has 0 saturated heterocycles. The van der Waals surface area contributed by atoms with E-state index in [9.17, 15) is 5.11 Å². The molecule has 0 fully saturated rings. The van der Waals surface area contributed by atoms with Gasteiger partial charge in [0.15, 0.2) is 5.96 Å². The molecule has 1 heterocycles. The Kier molecular flexibility index (Phi) is 8.96. The number of nitrogens with zero attached hydrogens (tertiary/aromatic N) is 3. The second kappa shape index (κ2) is 11.5. The summed E-state index contributed by atoms with van der Waals surface area (Å²) in [5.74, 6) is 0.695. The van der Waals surface area contributed by atoms with Crippen LogP contribution in [0, 0.1) is 0 Å². The van der Waals surface area contributed by atoms with E-state index in [4.69, 9.17) is 0 Å². The van der Waals surface area contributed by atoms with Crippen molar-refractivity contribution in [3.8, 4) is 5.69 Å². The lowest BCUT2D eigenvalue weighted by Gasteiger charge is -2.17. The molecule has 0 aliphatic rings. The van der Waals surface area contributed by atoms with Crippen LogP contribution < -0.4 is 10.6 Å². The number of aliphatic imine (C=N–C) groups is 1. The second-order valence-electron chi connectivity index (χ2n) is 6.18. The lowest BCUT2D eigenvalue weighted by atomic mass is 10.0. The van der Waals surface area contributed by atoms with Gasteiger partial charge in [-0.15, -0.1) is 24.0 Å². The van der Waals surface area contributed by atoms with Crippen LogP contribution in [-0.2, 0) is 6.54 Å². The molecule has 1 aromatic heterocycles. The van der Waals surface area contributed by atoms with E-state index in [0.29, 0.717) is 19.0 Å². The zero-order valence-electron chi connectivity index (χ0n) is 15.8. The molecule has 3 rings (SSSR count). The zero-order chi connectivity index (χ0) is 18.9. The summed E-state index contributed by atoms with van der Waals surface area (Å²) in [6.45, 7) is 1.24.